The fourth-order valence-corrected chi connectivity index (χ4v) is 2.22. The molecule has 0 spiro atoms. The van der Waals surface area contributed by atoms with E-state index in [-0.39, 0.29) is 24.4 Å². The third-order valence-corrected chi connectivity index (χ3v) is 3.65. The number of amides is 2. The van der Waals surface area contributed by atoms with Crippen molar-refractivity contribution in [2.24, 2.45) is 0 Å². The molecule has 0 unspecified atom stereocenters. The molecule has 2 amide bonds. The molecule has 0 bridgehead atoms. The van der Waals surface area contributed by atoms with Gasteiger partial charge in [-0.2, -0.15) is 0 Å². The van der Waals surface area contributed by atoms with Gasteiger partial charge in [0.1, 0.15) is 11.6 Å². The molecule has 120 valence electrons. The standard InChI is InChI=1S/C16H13BrF2N2O2/c17-12-3-1-2-4-14(12)21-15(22)7-8-20-16(23)11-6-5-10(18)9-13(11)19/h1-6,9H,7-8H2,(H,20,23)(H,21,22). The number of carbonyl (C=O) groups excluding carboxylic acids is 2. The van der Waals surface area contributed by atoms with E-state index >= 15 is 0 Å². The minimum absolute atomic E-state index is 0.0237. The molecule has 7 heteroatoms. The second kappa shape index (κ2) is 7.82. The number of halogens is 3. The van der Waals surface area contributed by atoms with Gasteiger partial charge in [-0.05, 0) is 40.2 Å². The molecule has 0 aliphatic rings. The van der Waals surface area contributed by atoms with Gasteiger partial charge in [0, 0.05) is 23.5 Å². The highest BCUT2D eigenvalue weighted by Gasteiger charge is 2.12. The minimum Gasteiger partial charge on any atom is -0.351 e. The highest BCUT2D eigenvalue weighted by atomic mass is 79.9. The third-order valence-electron chi connectivity index (χ3n) is 2.96. The first-order valence-electron chi connectivity index (χ1n) is 6.75. The van der Waals surface area contributed by atoms with E-state index < -0.39 is 17.5 Å². The van der Waals surface area contributed by atoms with Crippen molar-refractivity contribution in [3.63, 3.8) is 0 Å². The largest absolute Gasteiger partial charge is 0.351 e. The molecule has 2 aromatic rings. The molecule has 2 aromatic carbocycles. The Kier molecular flexibility index (Phi) is 5.81. The molecule has 0 fully saturated rings. The van der Waals surface area contributed by atoms with Gasteiger partial charge in [0.05, 0.1) is 11.3 Å². The average Bonchev–Trinajstić information content (AvgIpc) is 2.49. The van der Waals surface area contributed by atoms with Crippen LogP contribution in [-0.2, 0) is 4.79 Å². The van der Waals surface area contributed by atoms with E-state index in [2.05, 4.69) is 26.6 Å². The van der Waals surface area contributed by atoms with Gasteiger partial charge in [0.2, 0.25) is 5.91 Å². The van der Waals surface area contributed by atoms with Crippen LogP contribution in [0.1, 0.15) is 16.8 Å². The molecule has 0 aliphatic carbocycles. The second-order valence-electron chi connectivity index (χ2n) is 4.66. The van der Waals surface area contributed by atoms with Gasteiger partial charge in [0.25, 0.3) is 5.91 Å². The van der Waals surface area contributed by atoms with Gasteiger partial charge in [-0.15, -0.1) is 0 Å². The Morgan fingerprint density at radius 3 is 2.52 bits per heavy atom. The first-order valence-corrected chi connectivity index (χ1v) is 7.54. The normalized spacial score (nSPS) is 10.2. The topological polar surface area (TPSA) is 58.2 Å². The van der Waals surface area contributed by atoms with E-state index in [0.717, 1.165) is 16.6 Å². The summed E-state index contributed by atoms with van der Waals surface area (Å²) >= 11 is 3.30. The molecule has 2 N–H and O–H groups in total. The van der Waals surface area contributed by atoms with E-state index in [1.54, 1.807) is 18.2 Å². The van der Waals surface area contributed by atoms with Crippen molar-refractivity contribution in [2.45, 2.75) is 6.42 Å². The lowest BCUT2D eigenvalue weighted by atomic mass is 10.2. The van der Waals surface area contributed by atoms with Crippen LogP contribution in [-0.4, -0.2) is 18.4 Å². The monoisotopic (exact) mass is 382 g/mol. The molecular formula is C16H13BrF2N2O2. The lowest BCUT2D eigenvalue weighted by Crippen LogP contribution is -2.28. The zero-order chi connectivity index (χ0) is 16.8. The summed E-state index contributed by atoms with van der Waals surface area (Å²) in [6.07, 6.45) is 0.0237. The maximum atomic E-state index is 13.4. The van der Waals surface area contributed by atoms with Crippen LogP contribution in [0, 0.1) is 11.6 Å². The predicted molar refractivity (Wildman–Crippen MR) is 86.1 cm³/mol. The number of para-hydroxylation sites is 1. The highest BCUT2D eigenvalue weighted by molar-refractivity contribution is 9.10. The van der Waals surface area contributed by atoms with Crippen LogP contribution in [0.25, 0.3) is 0 Å². The average molecular weight is 383 g/mol. The van der Waals surface area contributed by atoms with Gasteiger partial charge >= 0.3 is 0 Å². The van der Waals surface area contributed by atoms with E-state index in [1.165, 1.54) is 0 Å². The summed E-state index contributed by atoms with van der Waals surface area (Å²) in [7, 11) is 0. The Morgan fingerprint density at radius 1 is 1.09 bits per heavy atom. The van der Waals surface area contributed by atoms with Crippen LogP contribution in [0.15, 0.2) is 46.9 Å². The van der Waals surface area contributed by atoms with E-state index in [1.807, 2.05) is 6.07 Å². The van der Waals surface area contributed by atoms with Gasteiger partial charge in [-0.3, -0.25) is 9.59 Å². The van der Waals surface area contributed by atoms with Crippen molar-refractivity contribution in [1.29, 1.82) is 0 Å². The van der Waals surface area contributed by atoms with Gasteiger partial charge in [-0.1, -0.05) is 12.1 Å². The first-order chi connectivity index (χ1) is 11.0. The molecule has 4 nitrogen and oxygen atoms in total. The maximum absolute atomic E-state index is 13.4. The Bertz CT molecular complexity index is 738. The fraction of sp³-hybridized carbons (Fsp3) is 0.125. The number of carbonyl (C=O) groups is 2. The molecule has 0 saturated heterocycles. The number of benzene rings is 2. The summed E-state index contributed by atoms with van der Waals surface area (Å²) in [6, 6.07) is 9.80. The first kappa shape index (κ1) is 17.1. The summed E-state index contributed by atoms with van der Waals surface area (Å²) in [5.74, 6) is -2.69. The molecule has 0 radical (unpaired) electrons. The summed E-state index contributed by atoms with van der Waals surface area (Å²) in [6.45, 7) is 0.0337. The smallest absolute Gasteiger partial charge is 0.254 e. The van der Waals surface area contributed by atoms with Gasteiger partial charge in [-0.25, -0.2) is 8.78 Å². The van der Waals surface area contributed by atoms with Crippen molar-refractivity contribution in [2.75, 3.05) is 11.9 Å². The van der Waals surface area contributed by atoms with E-state index in [4.69, 9.17) is 0 Å². The summed E-state index contributed by atoms with van der Waals surface area (Å²) in [5.41, 5.74) is 0.353. The van der Waals surface area contributed by atoms with Crippen molar-refractivity contribution >= 4 is 33.4 Å². The van der Waals surface area contributed by atoms with Crippen LogP contribution in [0.3, 0.4) is 0 Å². The third kappa shape index (κ3) is 4.85. The zero-order valence-corrected chi connectivity index (χ0v) is 13.5. The maximum Gasteiger partial charge on any atom is 0.254 e. The fourth-order valence-electron chi connectivity index (χ4n) is 1.83. The molecule has 0 aliphatic heterocycles. The van der Waals surface area contributed by atoms with Gasteiger partial charge < -0.3 is 10.6 Å². The number of hydrogen-bond donors (Lipinski definition) is 2. The Hall–Kier alpha value is -2.28. The zero-order valence-electron chi connectivity index (χ0n) is 11.9. The Morgan fingerprint density at radius 2 is 1.83 bits per heavy atom. The quantitative estimate of drug-likeness (QED) is 0.831. The van der Waals surface area contributed by atoms with Crippen LogP contribution >= 0.6 is 15.9 Å². The van der Waals surface area contributed by atoms with Crippen LogP contribution in [0.5, 0.6) is 0 Å². The van der Waals surface area contributed by atoms with E-state index in [9.17, 15) is 18.4 Å². The molecule has 0 saturated carbocycles. The molecule has 23 heavy (non-hydrogen) atoms. The second-order valence-corrected chi connectivity index (χ2v) is 5.51. The molecule has 2 rings (SSSR count). The van der Waals surface area contributed by atoms with Crippen molar-refractivity contribution in [3.8, 4) is 0 Å². The van der Waals surface area contributed by atoms with E-state index in [0.29, 0.717) is 11.8 Å². The number of anilines is 1. The number of nitrogens with one attached hydrogen (secondary N) is 2. The van der Waals surface area contributed by atoms with Crippen LogP contribution in [0.2, 0.25) is 0 Å². The summed E-state index contributed by atoms with van der Waals surface area (Å²) in [4.78, 5) is 23.5. The summed E-state index contributed by atoms with van der Waals surface area (Å²) < 4.78 is 27.0. The lowest BCUT2D eigenvalue weighted by molar-refractivity contribution is -0.116. The van der Waals surface area contributed by atoms with Crippen molar-refractivity contribution < 1.29 is 18.4 Å². The Labute approximate surface area is 140 Å². The van der Waals surface area contributed by atoms with Crippen molar-refractivity contribution in [3.05, 3.63) is 64.1 Å². The number of hydrogen-bond acceptors (Lipinski definition) is 2. The highest BCUT2D eigenvalue weighted by Crippen LogP contribution is 2.21. The summed E-state index contributed by atoms with van der Waals surface area (Å²) in [5, 5.41) is 5.10. The molecule has 0 atom stereocenters. The molecule has 0 aromatic heterocycles. The lowest BCUT2D eigenvalue weighted by Gasteiger charge is -2.08. The number of rotatable bonds is 5. The van der Waals surface area contributed by atoms with Crippen LogP contribution < -0.4 is 10.6 Å². The molecule has 0 heterocycles. The van der Waals surface area contributed by atoms with Gasteiger partial charge in [0.15, 0.2) is 0 Å². The van der Waals surface area contributed by atoms with Crippen molar-refractivity contribution in [1.82, 2.24) is 5.32 Å². The Balaban J connectivity index is 1.83. The van der Waals surface area contributed by atoms with Crippen LogP contribution in [0.4, 0.5) is 14.5 Å². The SMILES string of the molecule is O=C(CCNC(=O)c1ccc(F)cc1F)Nc1ccccc1Br. The predicted octanol–water partition coefficient (Wildman–Crippen LogP) is 3.49. The minimum atomic E-state index is -0.944. The molecular weight excluding hydrogens is 370 g/mol.